The zero-order valence-electron chi connectivity index (χ0n) is 9.61. The van der Waals surface area contributed by atoms with E-state index in [0.717, 1.165) is 10.2 Å². The number of hydrogen-bond acceptors (Lipinski definition) is 3. The molecule has 0 saturated carbocycles. The number of anilines is 1. The third-order valence-corrected chi connectivity index (χ3v) is 4.48. The lowest BCUT2D eigenvalue weighted by atomic mass is 10.1. The molecule has 0 fully saturated rings. The molecule has 0 saturated heterocycles. The van der Waals surface area contributed by atoms with Crippen LogP contribution in [0.25, 0.3) is 0 Å². The van der Waals surface area contributed by atoms with E-state index in [2.05, 4.69) is 51.1 Å². The highest BCUT2D eigenvalue weighted by molar-refractivity contribution is 9.10. The largest absolute Gasteiger partial charge is 0.377 e. The van der Waals surface area contributed by atoms with Crippen LogP contribution in [0.3, 0.4) is 0 Å². The van der Waals surface area contributed by atoms with E-state index in [0.29, 0.717) is 6.54 Å². The Morgan fingerprint density at radius 3 is 2.71 bits per heavy atom. The van der Waals surface area contributed by atoms with Crippen LogP contribution >= 0.6 is 27.3 Å². The average Bonchev–Trinajstić information content (AvgIpc) is 2.75. The number of aryl methyl sites for hydroxylation is 1. The van der Waals surface area contributed by atoms with Crippen molar-refractivity contribution in [3.63, 3.8) is 0 Å². The van der Waals surface area contributed by atoms with Crippen LogP contribution in [0, 0.1) is 6.92 Å². The molecule has 0 bridgehead atoms. The predicted octanol–water partition coefficient (Wildman–Crippen LogP) is 3.93. The van der Waals surface area contributed by atoms with Crippen LogP contribution < -0.4 is 11.1 Å². The molecule has 1 aromatic heterocycles. The Kier molecular flexibility index (Phi) is 4.20. The molecule has 17 heavy (non-hydrogen) atoms. The monoisotopic (exact) mass is 310 g/mol. The van der Waals surface area contributed by atoms with Gasteiger partial charge in [0.25, 0.3) is 0 Å². The van der Waals surface area contributed by atoms with E-state index < -0.39 is 0 Å². The summed E-state index contributed by atoms with van der Waals surface area (Å²) in [7, 11) is 0. The number of para-hydroxylation sites is 1. The highest BCUT2D eigenvalue weighted by Crippen LogP contribution is 2.29. The molecule has 1 unspecified atom stereocenters. The molecule has 3 N–H and O–H groups in total. The summed E-state index contributed by atoms with van der Waals surface area (Å²) in [4.78, 5) is 0. The van der Waals surface area contributed by atoms with Gasteiger partial charge in [0.05, 0.1) is 6.04 Å². The second kappa shape index (κ2) is 5.67. The number of halogens is 1. The second-order valence-electron chi connectivity index (χ2n) is 3.92. The number of rotatable bonds is 4. The summed E-state index contributed by atoms with van der Waals surface area (Å²) in [6.45, 7) is 2.67. The van der Waals surface area contributed by atoms with Gasteiger partial charge in [0.2, 0.25) is 0 Å². The fourth-order valence-electron chi connectivity index (χ4n) is 1.73. The van der Waals surface area contributed by atoms with Gasteiger partial charge in [-0.25, -0.2) is 0 Å². The van der Waals surface area contributed by atoms with Gasteiger partial charge < -0.3 is 11.1 Å². The minimum atomic E-state index is 0.150. The molecular weight excluding hydrogens is 296 g/mol. The number of hydrogen-bond donors (Lipinski definition) is 2. The SMILES string of the molecule is Cc1ccccc1NC(CN)c1cscc1Br. The molecule has 4 heteroatoms. The van der Waals surface area contributed by atoms with Crippen LogP contribution in [0.5, 0.6) is 0 Å². The van der Waals surface area contributed by atoms with Crippen LogP contribution in [0.4, 0.5) is 5.69 Å². The zero-order chi connectivity index (χ0) is 12.3. The lowest BCUT2D eigenvalue weighted by Crippen LogP contribution is -2.20. The molecule has 0 radical (unpaired) electrons. The Balaban J connectivity index is 2.22. The molecular formula is C13H15BrN2S. The van der Waals surface area contributed by atoms with Gasteiger partial charge in [0.1, 0.15) is 0 Å². The first kappa shape index (κ1) is 12.6. The third kappa shape index (κ3) is 2.89. The maximum Gasteiger partial charge on any atom is 0.0655 e. The Labute approximate surface area is 114 Å². The van der Waals surface area contributed by atoms with Gasteiger partial charge in [0, 0.05) is 27.6 Å². The van der Waals surface area contributed by atoms with Gasteiger partial charge in [-0.05, 0) is 39.9 Å². The molecule has 0 amide bonds. The van der Waals surface area contributed by atoms with Crippen LogP contribution in [-0.4, -0.2) is 6.54 Å². The molecule has 0 aliphatic carbocycles. The van der Waals surface area contributed by atoms with Gasteiger partial charge in [-0.1, -0.05) is 18.2 Å². The van der Waals surface area contributed by atoms with Gasteiger partial charge in [-0.3, -0.25) is 0 Å². The highest BCUT2D eigenvalue weighted by Gasteiger charge is 2.14. The standard InChI is InChI=1S/C13H15BrN2S/c1-9-4-2-3-5-12(9)16-13(6-15)10-7-17-8-11(10)14/h2-5,7-8,13,16H,6,15H2,1H3. The highest BCUT2D eigenvalue weighted by atomic mass is 79.9. The summed E-state index contributed by atoms with van der Waals surface area (Å²) in [5, 5.41) is 7.70. The van der Waals surface area contributed by atoms with Crippen molar-refractivity contribution >= 4 is 33.0 Å². The van der Waals surface area contributed by atoms with Crippen molar-refractivity contribution < 1.29 is 0 Å². The van der Waals surface area contributed by atoms with Gasteiger partial charge in [-0.2, -0.15) is 11.3 Å². The molecule has 1 aromatic carbocycles. The number of nitrogens with two attached hydrogens (primary N) is 1. The summed E-state index contributed by atoms with van der Waals surface area (Å²) >= 11 is 5.24. The first-order valence-electron chi connectivity index (χ1n) is 5.46. The molecule has 0 aliphatic heterocycles. The van der Waals surface area contributed by atoms with E-state index >= 15 is 0 Å². The van der Waals surface area contributed by atoms with Crippen molar-refractivity contribution in [3.8, 4) is 0 Å². The predicted molar refractivity (Wildman–Crippen MR) is 78.6 cm³/mol. The molecule has 90 valence electrons. The smallest absolute Gasteiger partial charge is 0.0655 e. The van der Waals surface area contributed by atoms with Crippen LogP contribution in [0.2, 0.25) is 0 Å². The van der Waals surface area contributed by atoms with Crippen molar-refractivity contribution in [3.05, 3.63) is 50.6 Å². The maximum atomic E-state index is 5.85. The lowest BCUT2D eigenvalue weighted by molar-refractivity contribution is 0.789. The van der Waals surface area contributed by atoms with Gasteiger partial charge >= 0.3 is 0 Å². The molecule has 0 spiro atoms. The minimum Gasteiger partial charge on any atom is -0.377 e. The van der Waals surface area contributed by atoms with E-state index in [4.69, 9.17) is 5.73 Å². The number of thiophene rings is 1. The summed E-state index contributed by atoms with van der Waals surface area (Å²) in [5.74, 6) is 0. The van der Waals surface area contributed by atoms with E-state index in [1.54, 1.807) is 11.3 Å². The minimum absolute atomic E-state index is 0.150. The fraction of sp³-hybridized carbons (Fsp3) is 0.231. The van der Waals surface area contributed by atoms with Gasteiger partial charge in [-0.15, -0.1) is 0 Å². The Morgan fingerprint density at radius 2 is 2.12 bits per heavy atom. The second-order valence-corrected chi connectivity index (χ2v) is 5.52. The molecule has 2 nitrogen and oxygen atoms in total. The van der Waals surface area contributed by atoms with E-state index in [1.807, 2.05) is 12.1 Å². The van der Waals surface area contributed by atoms with Crippen molar-refractivity contribution in [2.24, 2.45) is 5.73 Å². The molecule has 1 heterocycles. The molecule has 1 atom stereocenters. The van der Waals surface area contributed by atoms with Gasteiger partial charge in [0.15, 0.2) is 0 Å². The summed E-state index contributed by atoms with van der Waals surface area (Å²) in [6.07, 6.45) is 0. The van der Waals surface area contributed by atoms with E-state index in [1.165, 1.54) is 11.1 Å². The van der Waals surface area contributed by atoms with Crippen LogP contribution in [0.1, 0.15) is 17.2 Å². The Hall–Kier alpha value is -0.840. The van der Waals surface area contributed by atoms with Crippen molar-refractivity contribution in [1.29, 1.82) is 0 Å². The summed E-state index contributed by atoms with van der Waals surface area (Å²) in [6, 6.07) is 8.40. The third-order valence-electron chi connectivity index (χ3n) is 2.73. The average molecular weight is 311 g/mol. The van der Waals surface area contributed by atoms with Crippen molar-refractivity contribution in [2.75, 3.05) is 11.9 Å². The zero-order valence-corrected chi connectivity index (χ0v) is 12.0. The van der Waals surface area contributed by atoms with Crippen LogP contribution in [-0.2, 0) is 0 Å². The Bertz CT molecular complexity index is 496. The number of benzene rings is 1. The summed E-state index contributed by atoms with van der Waals surface area (Å²) < 4.78 is 1.12. The topological polar surface area (TPSA) is 38.0 Å². The van der Waals surface area contributed by atoms with E-state index in [-0.39, 0.29) is 6.04 Å². The molecule has 2 aromatic rings. The summed E-state index contributed by atoms with van der Waals surface area (Å²) in [5.41, 5.74) is 9.45. The van der Waals surface area contributed by atoms with E-state index in [9.17, 15) is 0 Å². The lowest BCUT2D eigenvalue weighted by Gasteiger charge is -2.19. The molecule has 0 aliphatic rings. The van der Waals surface area contributed by atoms with Crippen LogP contribution in [0.15, 0.2) is 39.5 Å². The number of nitrogens with one attached hydrogen (secondary N) is 1. The van der Waals surface area contributed by atoms with Crippen molar-refractivity contribution in [1.82, 2.24) is 0 Å². The Morgan fingerprint density at radius 1 is 1.35 bits per heavy atom. The molecule has 2 rings (SSSR count). The maximum absolute atomic E-state index is 5.85. The first-order chi connectivity index (χ1) is 8.22. The quantitative estimate of drug-likeness (QED) is 0.898. The first-order valence-corrected chi connectivity index (χ1v) is 7.19. The fourth-order valence-corrected chi connectivity index (χ4v) is 3.35. The normalized spacial score (nSPS) is 12.4. The van der Waals surface area contributed by atoms with Crippen molar-refractivity contribution in [2.45, 2.75) is 13.0 Å².